The monoisotopic (exact) mass is 399 g/mol. The molecule has 5 heteroatoms. The van der Waals surface area contributed by atoms with Crippen LogP contribution in [0.25, 0.3) is 31.9 Å². The Kier molecular flexibility index (Phi) is 6.15. The van der Waals surface area contributed by atoms with Gasteiger partial charge in [-0.3, -0.25) is 9.59 Å². The maximum Gasteiger partial charge on any atom is 0.144 e. The third kappa shape index (κ3) is 3.85. The molecule has 0 aliphatic rings. The minimum Gasteiger partial charge on any atom is -0.340 e. The van der Waals surface area contributed by atoms with E-state index in [1.807, 2.05) is 36.4 Å². The van der Waals surface area contributed by atoms with Crippen LogP contribution in [0.1, 0.15) is 30.9 Å². The number of benzene rings is 2. The average Bonchev–Trinajstić information content (AvgIpc) is 2.99. The van der Waals surface area contributed by atoms with E-state index >= 15 is 0 Å². The lowest BCUT2D eigenvalue weighted by Crippen LogP contribution is -1.97. The van der Waals surface area contributed by atoms with E-state index in [9.17, 15) is 9.59 Å². The van der Waals surface area contributed by atoms with Gasteiger partial charge in [0.2, 0.25) is 0 Å². The van der Waals surface area contributed by atoms with E-state index in [1.165, 1.54) is 12.2 Å². The van der Waals surface area contributed by atoms with E-state index in [2.05, 4.69) is 11.5 Å². The maximum atomic E-state index is 10.8. The van der Waals surface area contributed by atoms with Gasteiger partial charge in [-0.2, -0.15) is 0 Å². The third-order valence-corrected chi connectivity index (χ3v) is 5.27. The fourth-order valence-electron chi connectivity index (χ4n) is 3.27. The van der Waals surface area contributed by atoms with Crippen molar-refractivity contribution in [2.75, 3.05) is 0 Å². The zero-order valence-corrected chi connectivity index (χ0v) is 16.4. The van der Waals surface area contributed by atoms with Gasteiger partial charge in [-0.1, -0.05) is 48.7 Å². The van der Waals surface area contributed by atoms with Crippen LogP contribution in [0.2, 0.25) is 0 Å². The molecule has 0 unspecified atom stereocenters. The molecule has 3 rings (SSSR count). The normalized spacial score (nSPS) is 12.7. The molecule has 0 atom stereocenters. The number of hydrogen-bond acceptors (Lipinski definition) is 2. The van der Waals surface area contributed by atoms with E-state index in [0.717, 1.165) is 52.3 Å². The highest BCUT2D eigenvalue weighted by Gasteiger charge is 2.13. The van der Waals surface area contributed by atoms with Gasteiger partial charge >= 0.3 is 0 Å². The highest BCUT2D eigenvalue weighted by atomic mass is 35.5. The first-order valence-electron chi connectivity index (χ1n) is 8.79. The first-order valence-corrected chi connectivity index (χ1v) is 9.55. The number of hydrogen-bond donors (Lipinski definition) is 0. The van der Waals surface area contributed by atoms with Crippen molar-refractivity contribution < 1.29 is 9.59 Å². The Morgan fingerprint density at radius 2 is 1.37 bits per heavy atom. The molecule has 0 amide bonds. The Morgan fingerprint density at radius 1 is 0.889 bits per heavy atom. The van der Waals surface area contributed by atoms with Gasteiger partial charge in [0.05, 0.1) is 10.1 Å². The topological polar surface area (TPSA) is 39.1 Å². The summed E-state index contributed by atoms with van der Waals surface area (Å²) in [6.45, 7) is 3.07. The minimum absolute atomic E-state index is 0.399. The van der Waals surface area contributed by atoms with Crippen LogP contribution in [0.5, 0.6) is 0 Å². The molecule has 1 aromatic heterocycles. The number of aldehydes is 2. The van der Waals surface area contributed by atoms with E-state index in [4.69, 9.17) is 23.2 Å². The van der Waals surface area contributed by atoms with E-state index < -0.39 is 0 Å². The van der Waals surface area contributed by atoms with Crippen LogP contribution in [0, 0.1) is 0 Å². The zero-order valence-electron chi connectivity index (χ0n) is 14.9. The van der Waals surface area contributed by atoms with Crippen molar-refractivity contribution in [3.63, 3.8) is 0 Å². The van der Waals surface area contributed by atoms with Crippen LogP contribution in [-0.4, -0.2) is 17.1 Å². The highest BCUT2D eigenvalue weighted by molar-refractivity contribution is 6.50. The van der Waals surface area contributed by atoms with Gasteiger partial charge in [-0.25, -0.2) is 0 Å². The van der Waals surface area contributed by atoms with Crippen molar-refractivity contribution in [2.45, 2.75) is 26.3 Å². The minimum atomic E-state index is 0.399. The number of unbranched alkanes of at least 4 members (excludes halogenated alkanes) is 1. The molecule has 0 saturated carbocycles. The molecule has 0 spiro atoms. The van der Waals surface area contributed by atoms with Crippen molar-refractivity contribution in [1.82, 2.24) is 4.57 Å². The Morgan fingerprint density at radius 3 is 1.78 bits per heavy atom. The van der Waals surface area contributed by atoms with Gasteiger partial charge in [0.1, 0.15) is 12.6 Å². The van der Waals surface area contributed by atoms with Crippen LogP contribution < -0.4 is 0 Å². The van der Waals surface area contributed by atoms with E-state index in [1.54, 1.807) is 0 Å². The number of carbonyl (C=O) groups excluding carboxylic acids is 2. The Bertz CT molecular complexity index is 996. The summed E-state index contributed by atoms with van der Waals surface area (Å²) in [4.78, 5) is 21.5. The molecule has 3 aromatic rings. The summed E-state index contributed by atoms with van der Waals surface area (Å²) in [5, 5.41) is 2.87. The molecule has 138 valence electrons. The number of aryl methyl sites for hydroxylation is 1. The zero-order chi connectivity index (χ0) is 19.4. The lowest BCUT2D eigenvalue weighted by atomic mass is 10.1. The Balaban J connectivity index is 2.30. The standard InChI is InChI=1S/C22H19Cl2NO2/c1-2-3-10-25-21-6-4-15(19(23)8-11-26)13-17(21)18-14-16(5-7-22(18)25)20(24)9-12-27/h4-9,11-14H,2-3,10H2,1H3. The summed E-state index contributed by atoms with van der Waals surface area (Å²) in [5.74, 6) is 0. The predicted octanol–water partition coefficient (Wildman–Crippen LogP) is 6.15. The number of rotatable bonds is 7. The summed E-state index contributed by atoms with van der Waals surface area (Å²) in [5.41, 5.74) is 3.77. The molecule has 0 radical (unpaired) electrons. The van der Waals surface area contributed by atoms with Crippen molar-refractivity contribution in [1.29, 1.82) is 0 Å². The Labute approximate surface area is 167 Å². The van der Waals surface area contributed by atoms with Crippen molar-refractivity contribution in [2.24, 2.45) is 0 Å². The molecule has 27 heavy (non-hydrogen) atoms. The van der Waals surface area contributed by atoms with Crippen LogP contribution in [0.3, 0.4) is 0 Å². The molecule has 3 nitrogen and oxygen atoms in total. The first kappa shape index (κ1) is 19.4. The number of aromatic nitrogens is 1. The van der Waals surface area contributed by atoms with Crippen molar-refractivity contribution in [3.05, 3.63) is 59.7 Å². The third-order valence-electron chi connectivity index (χ3n) is 4.58. The van der Waals surface area contributed by atoms with E-state index in [-0.39, 0.29) is 0 Å². The second-order valence-corrected chi connectivity index (χ2v) is 7.08. The van der Waals surface area contributed by atoms with Gasteiger partial charge in [0, 0.05) is 28.4 Å². The summed E-state index contributed by atoms with van der Waals surface area (Å²) < 4.78 is 2.29. The molecular formula is C22H19Cl2NO2. The van der Waals surface area contributed by atoms with Gasteiger partial charge in [-0.05, 0) is 54.0 Å². The van der Waals surface area contributed by atoms with Crippen molar-refractivity contribution in [3.8, 4) is 0 Å². The summed E-state index contributed by atoms with van der Waals surface area (Å²) in [7, 11) is 0. The molecule has 0 bridgehead atoms. The van der Waals surface area contributed by atoms with Gasteiger partial charge in [-0.15, -0.1) is 0 Å². The van der Waals surface area contributed by atoms with Crippen molar-refractivity contribution >= 4 is 67.6 Å². The van der Waals surface area contributed by atoms with Crippen LogP contribution >= 0.6 is 23.2 Å². The first-order chi connectivity index (χ1) is 13.1. The molecule has 0 saturated heterocycles. The van der Waals surface area contributed by atoms with Gasteiger partial charge < -0.3 is 4.57 Å². The smallest absolute Gasteiger partial charge is 0.144 e. The second kappa shape index (κ2) is 8.55. The van der Waals surface area contributed by atoms with Crippen LogP contribution in [-0.2, 0) is 16.1 Å². The molecule has 2 aromatic carbocycles. The maximum absolute atomic E-state index is 10.8. The summed E-state index contributed by atoms with van der Waals surface area (Å²) >= 11 is 12.5. The fourth-order valence-corrected chi connectivity index (χ4v) is 3.61. The number of fused-ring (bicyclic) bond motifs is 3. The predicted molar refractivity (Wildman–Crippen MR) is 114 cm³/mol. The Hall–Kier alpha value is -2.36. The average molecular weight is 400 g/mol. The fraction of sp³-hybridized carbons (Fsp3) is 0.182. The van der Waals surface area contributed by atoms with Gasteiger partial charge in [0.15, 0.2) is 0 Å². The molecule has 0 aliphatic carbocycles. The second-order valence-electron chi connectivity index (χ2n) is 6.27. The van der Waals surface area contributed by atoms with Gasteiger partial charge in [0.25, 0.3) is 0 Å². The number of allylic oxidation sites excluding steroid dienone is 2. The highest BCUT2D eigenvalue weighted by Crippen LogP contribution is 2.34. The number of halogens is 2. The molecule has 1 heterocycles. The number of carbonyl (C=O) groups is 2. The van der Waals surface area contributed by atoms with Crippen LogP contribution in [0.4, 0.5) is 0 Å². The molecular weight excluding hydrogens is 381 g/mol. The molecule has 0 N–H and O–H groups in total. The molecule has 0 aliphatic heterocycles. The van der Waals surface area contributed by atoms with E-state index in [0.29, 0.717) is 22.6 Å². The summed E-state index contributed by atoms with van der Waals surface area (Å²) in [6.07, 6.45) is 6.21. The lowest BCUT2D eigenvalue weighted by Gasteiger charge is -2.07. The quantitative estimate of drug-likeness (QED) is 0.352. The number of nitrogens with zero attached hydrogens (tertiary/aromatic N) is 1. The molecule has 0 fully saturated rings. The summed E-state index contributed by atoms with van der Waals surface area (Å²) in [6, 6.07) is 11.9. The lowest BCUT2D eigenvalue weighted by molar-refractivity contribution is -0.104. The largest absolute Gasteiger partial charge is 0.340 e. The van der Waals surface area contributed by atoms with Crippen LogP contribution in [0.15, 0.2) is 48.6 Å². The SMILES string of the molecule is CCCCn1c2ccc(C(Cl)=CC=O)cc2c2cc(C(Cl)=CC=O)ccc21.